The average molecular weight is 281 g/mol. The van der Waals surface area contributed by atoms with Crippen LogP contribution in [0.4, 0.5) is 0 Å². The summed E-state index contributed by atoms with van der Waals surface area (Å²) in [4.78, 5) is 13.3. The molecule has 0 bridgehead atoms. The fourth-order valence-electron chi connectivity index (χ4n) is 2.97. The molecule has 1 aliphatic carbocycles. The summed E-state index contributed by atoms with van der Waals surface area (Å²) in [6.45, 7) is 2.88. The summed E-state index contributed by atoms with van der Waals surface area (Å²) in [6, 6.07) is 3.99. The van der Waals surface area contributed by atoms with Crippen LogP contribution in [-0.4, -0.2) is 24.2 Å². The van der Waals surface area contributed by atoms with Crippen molar-refractivity contribution in [2.24, 2.45) is 5.41 Å². The van der Waals surface area contributed by atoms with E-state index in [-0.39, 0.29) is 23.8 Å². The Morgan fingerprint density at radius 1 is 1.53 bits per heavy atom. The van der Waals surface area contributed by atoms with E-state index in [4.69, 9.17) is 0 Å². The third-order valence-corrected chi connectivity index (χ3v) is 5.36. The van der Waals surface area contributed by atoms with E-state index in [2.05, 4.69) is 5.32 Å². The van der Waals surface area contributed by atoms with Crippen molar-refractivity contribution in [2.45, 2.75) is 44.9 Å². The second-order valence-corrected chi connectivity index (χ2v) is 6.61. The molecule has 3 nitrogen and oxygen atoms in total. The average Bonchev–Trinajstić information content (AvgIpc) is 3.07. The Morgan fingerprint density at radius 2 is 2.26 bits per heavy atom. The molecular formula is C15H23NO2S. The Morgan fingerprint density at radius 3 is 2.84 bits per heavy atom. The first-order valence-corrected chi connectivity index (χ1v) is 7.97. The normalized spacial score (nSPS) is 19.3. The van der Waals surface area contributed by atoms with Crippen LogP contribution in [0.3, 0.4) is 0 Å². The van der Waals surface area contributed by atoms with Crippen LogP contribution < -0.4 is 5.32 Å². The molecule has 2 rings (SSSR count). The van der Waals surface area contributed by atoms with Gasteiger partial charge in [-0.05, 0) is 43.0 Å². The van der Waals surface area contributed by atoms with Gasteiger partial charge in [0.25, 0.3) is 0 Å². The molecule has 1 saturated carbocycles. The summed E-state index contributed by atoms with van der Waals surface area (Å²) in [6.07, 6.45) is 5.50. The number of aliphatic hydroxyl groups excluding tert-OH is 1. The molecule has 2 N–H and O–H groups in total. The van der Waals surface area contributed by atoms with E-state index in [9.17, 15) is 9.90 Å². The van der Waals surface area contributed by atoms with Gasteiger partial charge in [0.05, 0.1) is 5.92 Å². The first-order chi connectivity index (χ1) is 9.17. The van der Waals surface area contributed by atoms with Crippen molar-refractivity contribution in [3.63, 3.8) is 0 Å². The lowest BCUT2D eigenvalue weighted by molar-refractivity contribution is -0.122. The van der Waals surface area contributed by atoms with Crippen LogP contribution >= 0.6 is 11.3 Å². The van der Waals surface area contributed by atoms with Gasteiger partial charge in [-0.3, -0.25) is 4.79 Å². The highest BCUT2D eigenvalue weighted by atomic mass is 32.1. The van der Waals surface area contributed by atoms with E-state index in [1.807, 2.05) is 24.4 Å². The summed E-state index contributed by atoms with van der Waals surface area (Å²) < 4.78 is 0. The number of carbonyl (C=O) groups is 1. The molecule has 1 aliphatic rings. The van der Waals surface area contributed by atoms with Crippen molar-refractivity contribution in [1.29, 1.82) is 0 Å². The highest BCUT2D eigenvalue weighted by Gasteiger charge is 2.33. The minimum atomic E-state index is -0.0763. The Kier molecular flexibility index (Phi) is 4.99. The molecule has 0 radical (unpaired) electrons. The molecule has 1 aromatic rings. The quantitative estimate of drug-likeness (QED) is 0.842. The van der Waals surface area contributed by atoms with Crippen LogP contribution in [0.25, 0.3) is 0 Å². The van der Waals surface area contributed by atoms with Crippen molar-refractivity contribution in [1.82, 2.24) is 5.32 Å². The molecule has 0 saturated heterocycles. The standard InChI is InChI=1S/C15H23NO2S/c1-12(13-5-4-10-19-13)14(18)16-11-15(8-9-17)6-2-3-7-15/h4-5,10,12,17H,2-3,6-9,11H2,1H3,(H,16,18)/t12-/m1/s1. The molecule has 1 amide bonds. The summed E-state index contributed by atoms with van der Waals surface area (Å²) >= 11 is 1.63. The zero-order valence-electron chi connectivity index (χ0n) is 11.5. The largest absolute Gasteiger partial charge is 0.396 e. The van der Waals surface area contributed by atoms with Gasteiger partial charge in [-0.2, -0.15) is 0 Å². The van der Waals surface area contributed by atoms with Gasteiger partial charge in [-0.1, -0.05) is 18.9 Å². The molecule has 1 atom stereocenters. The van der Waals surface area contributed by atoms with Gasteiger partial charge in [0.15, 0.2) is 0 Å². The second kappa shape index (κ2) is 6.53. The van der Waals surface area contributed by atoms with E-state index < -0.39 is 0 Å². The maximum Gasteiger partial charge on any atom is 0.228 e. The fraction of sp³-hybridized carbons (Fsp3) is 0.667. The number of aliphatic hydroxyl groups is 1. The number of hydrogen-bond acceptors (Lipinski definition) is 3. The lowest BCUT2D eigenvalue weighted by atomic mass is 9.83. The van der Waals surface area contributed by atoms with Crippen molar-refractivity contribution in [3.8, 4) is 0 Å². The van der Waals surface area contributed by atoms with Crippen LogP contribution in [0, 0.1) is 5.41 Å². The number of nitrogens with one attached hydrogen (secondary N) is 1. The minimum absolute atomic E-state index is 0.0763. The van der Waals surface area contributed by atoms with E-state index in [0.717, 1.165) is 24.1 Å². The lowest BCUT2D eigenvalue weighted by Gasteiger charge is -2.29. The predicted octanol–water partition coefficient (Wildman–Crippen LogP) is 2.91. The first kappa shape index (κ1) is 14.5. The summed E-state index contributed by atoms with van der Waals surface area (Å²) in [5.41, 5.74) is 0.138. The summed E-state index contributed by atoms with van der Waals surface area (Å²) in [5.74, 6) is 0.0271. The van der Waals surface area contributed by atoms with Crippen LogP contribution in [0.2, 0.25) is 0 Å². The van der Waals surface area contributed by atoms with Crippen LogP contribution in [0.1, 0.15) is 49.8 Å². The zero-order valence-corrected chi connectivity index (χ0v) is 12.3. The molecule has 0 aliphatic heterocycles. The minimum Gasteiger partial charge on any atom is -0.396 e. The van der Waals surface area contributed by atoms with Gasteiger partial charge < -0.3 is 10.4 Å². The third kappa shape index (κ3) is 3.57. The number of hydrogen-bond donors (Lipinski definition) is 2. The van der Waals surface area contributed by atoms with Gasteiger partial charge in [0, 0.05) is 18.0 Å². The second-order valence-electron chi connectivity index (χ2n) is 5.64. The fourth-order valence-corrected chi connectivity index (χ4v) is 3.75. The maximum absolute atomic E-state index is 12.2. The van der Waals surface area contributed by atoms with Crippen molar-refractivity contribution in [2.75, 3.05) is 13.2 Å². The highest BCUT2D eigenvalue weighted by Crippen LogP contribution is 2.40. The molecule has 1 aromatic heterocycles. The Hall–Kier alpha value is -0.870. The Labute approximate surface area is 119 Å². The molecule has 106 valence electrons. The molecule has 4 heteroatoms. The molecule has 1 heterocycles. The van der Waals surface area contributed by atoms with Crippen molar-refractivity contribution >= 4 is 17.2 Å². The van der Waals surface area contributed by atoms with E-state index in [1.54, 1.807) is 11.3 Å². The number of rotatable bonds is 6. The monoisotopic (exact) mass is 281 g/mol. The smallest absolute Gasteiger partial charge is 0.228 e. The van der Waals surface area contributed by atoms with Gasteiger partial charge >= 0.3 is 0 Å². The molecule has 0 spiro atoms. The van der Waals surface area contributed by atoms with Gasteiger partial charge in [-0.25, -0.2) is 0 Å². The molecule has 1 fully saturated rings. The number of carbonyl (C=O) groups excluding carboxylic acids is 1. The Balaban J connectivity index is 1.88. The topological polar surface area (TPSA) is 49.3 Å². The van der Waals surface area contributed by atoms with Crippen molar-refractivity contribution in [3.05, 3.63) is 22.4 Å². The number of thiophene rings is 1. The van der Waals surface area contributed by atoms with E-state index in [0.29, 0.717) is 6.54 Å². The molecular weight excluding hydrogens is 258 g/mol. The van der Waals surface area contributed by atoms with Gasteiger partial charge in [0.1, 0.15) is 0 Å². The molecule has 0 aromatic carbocycles. The van der Waals surface area contributed by atoms with Gasteiger partial charge in [-0.15, -0.1) is 11.3 Å². The third-order valence-electron chi connectivity index (χ3n) is 4.31. The van der Waals surface area contributed by atoms with Crippen LogP contribution in [-0.2, 0) is 4.79 Å². The lowest BCUT2D eigenvalue weighted by Crippen LogP contribution is -2.38. The van der Waals surface area contributed by atoms with Crippen LogP contribution in [0.5, 0.6) is 0 Å². The first-order valence-electron chi connectivity index (χ1n) is 7.09. The maximum atomic E-state index is 12.2. The number of amides is 1. The molecule has 19 heavy (non-hydrogen) atoms. The summed E-state index contributed by atoms with van der Waals surface area (Å²) in [7, 11) is 0. The summed E-state index contributed by atoms with van der Waals surface area (Å²) in [5, 5.41) is 14.3. The van der Waals surface area contributed by atoms with E-state index >= 15 is 0 Å². The van der Waals surface area contributed by atoms with E-state index in [1.165, 1.54) is 12.8 Å². The predicted molar refractivity (Wildman–Crippen MR) is 78.3 cm³/mol. The van der Waals surface area contributed by atoms with Crippen molar-refractivity contribution < 1.29 is 9.90 Å². The Bertz CT molecular complexity index is 396. The SMILES string of the molecule is C[C@@H](C(=O)NCC1(CCO)CCCC1)c1cccs1. The van der Waals surface area contributed by atoms with Crippen LogP contribution in [0.15, 0.2) is 17.5 Å². The highest BCUT2D eigenvalue weighted by molar-refractivity contribution is 7.10. The zero-order chi connectivity index (χ0) is 13.7. The van der Waals surface area contributed by atoms with Gasteiger partial charge in [0.2, 0.25) is 5.91 Å². The molecule has 0 unspecified atom stereocenters.